The summed E-state index contributed by atoms with van der Waals surface area (Å²) in [5, 5.41) is 16.1. The van der Waals surface area contributed by atoms with Crippen LogP contribution in [0.4, 0.5) is 11.4 Å². The minimum absolute atomic E-state index is 0.113. The van der Waals surface area contributed by atoms with E-state index in [2.05, 4.69) is 29.6 Å². The Morgan fingerprint density at radius 2 is 1.86 bits per heavy atom. The number of fused-ring (bicyclic) bond motifs is 1. The number of benzene rings is 3. The summed E-state index contributed by atoms with van der Waals surface area (Å²) in [6, 6.07) is 18.0. The number of nitro groups is 1. The normalized spacial score (nSPS) is 12.0. The Kier molecular flexibility index (Phi) is 6.09. The highest BCUT2D eigenvalue weighted by molar-refractivity contribution is 5.96. The molecule has 0 saturated heterocycles. The summed E-state index contributed by atoms with van der Waals surface area (Å²) in [6.45, 7) is 2.38. The van der Waals surface area contributed by atoms with E-state index in [0.29, 0.717) is 12.3 Å². The zero-order valence-corrected chi connectivity index (χ0v) is 16.6. The fourth-order valence-corrected chi connectivity index (χ4v) is 3.11. The van der Waals surface area contributed by atoms with E-state index in [1.165, 1.54) is 30.7 Å². The minimum Gasteiger partial charge on any atom is -0.495 e. The second-order valence-electron chi connectivity index (χ2n) is 6.90. The monoisotopic (exact) mass is 393 g/mol. The number of rotatable bonds is 7. The maximum absolute atomic E-state index is 12.7. The van der Waals surface area contributed by atoms with Gasteiger partial charge in [-0.05, 0) is 42.4 Å². The molecule has 150 valence electrons. The topological polar surface area (TPSA) is 84.7 Å². The minimum atomic E-state index is -0.510. The van der Waals surface area contributed by atoms with E-state index in [9.17, 15) is 14.9 Å². The molecule has 0 aliphatic rings. The van der Waals surface area contributed by atoms with E-state index < -0.39 is 11.0 Å². The molecule has 0 aromatic heterocycles. The zero-order valence-electron chi connectivity index (χ0n) is 16.6. The Labute approximate surface area is 169 Å². The van der Waals surface area contributed by atoms with E-state index in [1.54, 1.807) is 6.92 Å². The third-order valence-corrected chi connectivity index (χ3v) is 4.94. The first-order valence-corrected chi connectivity index (χ1v) is 9.20. The van der Waals surface area contributed by atoms with Crippen LogP contribution >= 0.6 is 0 Å². The van der Waals surface area contributed by atoms with Gasteiger partial charge in [-0.2, -0.15) is 0 Å². The third-order valence-electron chi connectivity index (χ3n) is 4.94. The molecule has 7 nitrogen and oxygen atoms in total. The molecule has 1 atom stereocenters. The van der Waals surface area contributed by atoms with Crippen molar-refractivity contribution in [3.8, 4) is 5.75 Å². The SMILES string of the molecule is COc1ccc([N+](=O)[O-])cc1NC(=O)[C@@H](C)N(C)Cc1ccc2ccccc2c1. The number of non-ortho nitro benzene ring substituents is 1. The van der Waals surface area contributed by atoms with Gasteiger partial charge in [0.25, 0.3) is 5.69 Å². The van der Waals surface area contributed by atoms with Crippen molar-refractivity contribution in [1.82, 2.24) is 4.90 Å². The lowest BCUT2D eigenvalue weighted by Gasteiger charge is -2.24. The quantitative estimate of drug-likeness (QED) is 0.480. The van der Waals surface area contributed by atoms with Crippen LogP contribution in [0.5, 0.6) is 5.75 Å². The molecule has 3 rings (SSSR count). The van der Waals surface area contributed by atoms with Gasteiger partial charge in [-0.15, -0.1) is 0 Å². The highest BCUT2D eigenvalue weighted by Gasteiger charge is 2.21. The van der Waals surface area contributed by atoms with Crippen LogP contribution in [-0.4, -0.2) is 35.9 Å². The predicted molar refractivity (Wildman–Crippen MR) is 113 cm³/mol. The van der Waals surface area contributed by atoms with Gasteiger partial charge in [-0.3, -0.25) is 19.8 Å². The number of carbonyl (C=O) groups is 1. The molecule has 0 bridgehead atoms. The lowest BCUT2D eigenvalue weighted by Crippen LogP contribution is -2.39. The Hall–Kier alpha value is -3.45. The number of nitrogens with one attached hydrogen (secondary N) is 1. The number of amides is 1. The van der Waals surface area contributed by atoms with Crippen molar-refractivity contribution in [2.24, 2.45) is 0 Å². The summed E-state index contributed by atoms with van der Waals surface area (Å²) in [7, 11) is 3.32. The lowest BCUT2D eigenvalue weighted by atomic mass is 10.1. The summed E-state index contributed by atoms with van der Waals surface area (Å²) >= 11 is 0. The van der Waals surface area contributed by atoms with Crippen LogP contribution in [0.1, 0.15) is 12.5 Å². The maximum atomic E-state index is 12.7. The molecule has 0 spiro atoms. The van der Waals surface area contributed by atoms with Crippen molar-refractivity contribution in [3.63, 3.8) is 0 Å². The van der Waals surface area contributed by atoms with Crippen molar-refractivity contribution in [3.05, 3.63) is 76.3 Å². The van der Waals surface area contributed by atoms with Gasteiger partial charge in [0.1, 0.15) is 5.75 Å². The number of hydrogen-bond donors (Lipinski definition) is 1. The van der Waals surface area contributed by atoms with Crippen molar-refractivity contribution in [2.75, 3.05) is 19.5 Å². The first-order valence-electron chi connectivity index (χ1n) is 9.20. The number of anilines is 1. The van der Waals surface area contributed by atoms with Crippen molar-refractivity contribution < 1.29 is 14.5 Å². The smallest absolute Gasteiger partial charge is 0.271 e. The molecule has 1 N–H and O–H groups in total. The summed E-state index contributed by atoms with van der Waals surface area (Å²) in [5.41, 5.74) is 1.26. The average molecular weight is 393 g/mol. The first kappa shape index (κ1) is 20.3. The van der Waals surface area contributed by atoms with Gasteiger partial charge >= 0.3 is 0 Å². The van der Waals surface area contributed by atoms with E-state index >= 15 is 0 Å². The molecule has 0 aliphatic heterocycles. The molecule has 29 heavy (non-hydrogen) atoms. The van der Waals surface area contributed by atoms with E-state index in [1.807, 2.05) is 30.1 Å². The Morgan fingerprint density at radius 1 is 1.14 bits per heavy atom. The van der Waals surface area contributed by atoms with Gasteiger partial charge in [0.15, 0.2) is 0 Å². The number of hydrogen-bond acceptors (Lipinski definition) is 5. The number of ether oxygens (including phenoxy) is 1. The number of nitrogens with zero attached hydrogens (tertiary/aromatic N) is 2. The van der Waals surface area contributed by atoms with Crippen molar-refractivity contribution in [2.45, 2.75) is 19.5 Å². The molecule has 0 fully saturated rings. The number of likely N-dealkylation sites (N-methyl/N-ethyl adjacent to an activating group) is 1. The molecule has 0 radical (unpaired) electrons. The number of nitro benzene ring substituents is 1. The second kappa shape index (κ2) is 8.70. The van der Waals surface area contributed by atoms with Gasteiger partial charge in [0.2, 0.25) is 5.91 Å². The number of carbonyl (C=O) groups excluding carboxylic acids is 1. The molecular weight excluding hydrogens is 370 g/mol. The Bertz CT molecular complexity index is 1050. The fourth-order valence-electron chi connectivity index (χ4n) is 3.11. The molecule has 3 aromatic carbocycles. The summed E-state index contributed by atoms with van der Waals surface area (Å²) in [5.74, 6) is 0.0976. The van der Waals surface area contributed by atoms with Crippen LogP contribution in [0, 0.1) is 10.1 Å². The van der Waals surface area contributed by atoms with Crippen LogP contribution in [0.2, 0.25) is 0 Å². The molecule has 0 saturated carbocycles. The van der Waals surface area contributed by atoms with Crippen LogP contribution in [-0.2, 0) is 11.3 Å². The van der Waals surface area contributed by atoms with E-state index in [0.717, 1.165) is 10.9 Å². The largest absolute Gasteiger partial charge is 0.495 e. The summed E-state index contributed by atoms with van der Waals surface area (Å²) in [6.07, 6.45) is 0. The van der Waals surface area contributed by atoms with Crippen molar-refractivity contribution >= 4 is 28.1 Å². The molecule has 0 unspecified atom stereocenters. The molecule has 7 heteroatoms. The van der Waals surface area contributed by atoms with Gasteiger partial charge < -0.3 is 10.1 Å². The molecular formula is C22H23N3O4. The standard InChI is InChI=1S/C22H23N3O4/c1-15(22(26)23-20-13-19(25(27)28)10-11-21(20)29-3)24(2)14-16-8-9-17-6-4-5-7-18(17)12-16/h4-13,15H,14H2,1-3H3,(H,23,26)/t15-/m1/s1. The highest BCUT2D eigenvalue weighted by Crippen LogP contribution is 2.29. The van der Waals surface area contributed by atoms with Gasteiger partial charge in [0.05, 0.1) is 23.8 Å². The van der Waals surface area contributed by atoms with Gasteiger partial charge in [-0.1, -0.05) is 36.4 Å². The van der Waals surface area contributed by atoms with Gasteiger partial charge in [0, 0.05) is 18.7 Å². The molecule has 0 heterocycles. The first-order chi connectivity index (χ1) is 13.9. The highest BCUT2D eigenvalue weighted by atomic mass is 16.6. The Morgan fingerprint density at radius 3 is 2.55 bits per heavy atom. The maximum Gasteiger partial charge on any atom is 0.271 e. The molecule has 3 aromatic rings. The zero-order chi connectivity index (χ0) is 21.0. The predicted octanol–water partition coefficient (Wildman–Crippen LogP) is 4.22. The van der Waals surface area contributed by atoms with Crippen LogP contribution in [0.25, 0.3) is 10.8 Å². The number of methoxy groups -OCH3 is 1. The van der Waals surface area contributed by atoms with Gasteiger partial charge in [-0.25, -0.2) is 0 Å². The third kappa shape index (κ3) is 4.70. The molecule has 0 aliphatic carbocycles. The van der Waals surface area contributed by atoms with E-state index in [-0.39, 0.29) is 17.3 Å². The molecule has 1 amide bonds. The van der Waals surface area contributed by atoms with Crippen LogP contribution in [0.3, 0.4) is 0 Å². The Balaban J connectivity index is 1.72. The summed E-state index contributed by atoms with van der Waals surface area (Å²) < 4.78 is 5.21. The van der Waals surface area contributed by atoms with E-state index in [4.69, 9.17) is 4.74 Å². The fraction of sp³-hybridized carbons (Fsp3) is 0.227. The summed E-state index contributed by atoms with van der Waals surface area (Å²) in [4.78, 5) is 25.2. The van der Waals surface area contributed by atoms with Crippen LogP contribution in [0.15, 0.2) is 60.7 Å². The van der Waals surface area contributed by atoms with Crippen LogP contribution < -0.4 is 10.1 Å². The van der Waals surface area contributed by atoms with Crippen molar-refractivity contribution in [1.29, 1.82) is 0 Å². The second-order valence-corrected chi connectivity index (χ2v) is 6.90. The lowest BCUT2D eigenvalue weighted by molar-refractivity contribution is -0.384. The average Bonchev–Trinajstić information content (AvgIpc) is 2.72.